The van der Waals surface area contributed by atoms with Crippen LogP contribution in [-0.4, -0.2) is 11.9 Å². The summed E-state index contributed by atoms with van der Waals surface area (Å²) in [7, 11) is 0. The number of anilines is 1. The summed E-state index contributed by atoms with van der Waals surface area (Å²) in [4.78, 5) is 26.7. The number of nitriles is 1. The molecule has 0 spiro atoms. The standard InChI is InChI=1S/C25H20N2O3S/c26-14-20-19-8-4-5-9-22(19)31-24(20)27-23(28)16-10-11-18-17(12-16)13-21(30-25(18)29)15-6-2-1-3-7-15/h1-3,6-7,10-12,21H,4-5,8-9,13H2,(H,27,28)/t21-/m1/s1. The van der Waals surface area contributed by atoms with Gasteiger partial charge in [-0.15, -0.1) is 11.3 Å². The SMILES string of the molecule is N#Cc1c(NC(=O)c2ccc3c(c2)C[C@H](c2ccccc2)OC3=O)sc2c1CCCC2. The van der Waals surface area contributed by atoms with E-state index in [2.05, 4.69) is 11.4 Å². The average Bonchev–Trinajstić information content (AvgIpc) is 3.16. The Hall–Kier alpha value is -3.43. The molecule has 2 aromatic carbocycles. The van der Waals surface area contributed by atoms with E-state index in [9.17, 15) is 14.9 Å². The summed E-state index contributed by atoms with van der Waals surface area (Å²) in [5.41, 5.74) is 4.37. The fourth-order valence-electron chi connectivity index (χ4n) is 4.34. The lowest BCUT2D eigenvalue weighted by Gasteiger charge is -2.25. The number of nitrogens with one attached hydrogen (secondary N) is 1. The van der Waals surface area contributed by atoms with Crippen LogP contribution in [0.1, 0.15) is 66.8 Å². The molecule has 5 rings (SSSR count). The minimum atomic E-state index is -0.375. The number of cyclic esters (lactones) is 1. The molecule has 1 N–H and O–H groups in total. The zero-order chi connectivity index (χ0) is 21.4. The van der Waals surface area contributed by atoms with Gasteiger partial charge in [0.05, 0.1) is 11.1 Å². The highest BCUT2D eigenvalue weighted by Gasteiger charge is 2.28. The van der Waals surface area contributed by atoms with E-state index in [1.807, 2.05) is 30.3 Å². The van der Waals surface area contributed by atoms with Gasteiger partial charge in [0.1, 0.15) is 17.2 Å². The third-order valence-corrected chi connectivity index (χ3v) is 7.13. The van der Waals surface area contributed by atoms with Crippen molar-refractivity contribution in [3.8, 4) is 6.07 Å². The number of hydrogen-bond donors (Lipinski definition) is 1. The Morgan fingerprint density at radius 2 is 1.94 bits per heavy atom. The second-order valence-corrected chi connectivity index (χ2v) is 8.97. The Bertz CT molecular complexity index is 1220. The minimum absolute atomic E-state index is 0.270. The van der Waals surface area contributed by atoms with Crippen LogP contribution in [0.15, 0.2) is 48.5 Å². The summed E-state index contributed by atoms with van der Waals surface area (Å²) >= 11 is 1.51. The molecule has 1 amide bonds. The summed E-state index contributed by atoms with van der Waals surface area (Å²) in [5, 5.41) is 13.2. The molecule has 0 bridgehead atoms. The Morgan fingerprint density at radius 3 is 2.74 bits per heavy atom. The van der Waals surface area contributed by atoms with Gasteiger partial charge in [-0.2, -0.15) is 5.26 Å². The Kier molecular flexibility index (Phi) is 5.05. The van der Waals surface area contributed by atoms with Gasteiger partial charge in [0, 0.05) is 16.9 Å². The van der Waals surface area contributed by atoms with Gasteiger partial charge in [0.2, 0.25) is 0 Å². The highest BCUT2D eigenvalue weighted by atomic mass is 32.1. The van der Waals surface area contributed by atoms with Crippen molar-refractivity contribution in [2.45, 2.75) is 38.2 Å². The molecule has 2 aliphatic rings. The number of hydrogen-bond acceptors (Lipinski definition) is 5. The summed E-state index contributed by atoms with van der Waals surface area (Å²) in [6, 6.07) is 16.9. The zero-order valence-electron chi connectivity index (χ0n) is 16.8. The molecule has 1 aliphatic carbocycles. The fraction of sp³-hybridized carbons (Fsp3) is 0.240. The largest absolute Gasteiger partial charge is 0.454 e. The molecule has 2 heterocycles. The average molecular weight is 429 g/mol. The van der Waals surface area contributed by atoms with Crippen molar-refractivity contribution in [1.29, 1.82) is 5.26 Å². The van der Waals surface area contributed by atoms with Crippen LogP contribution >= 0.6 is 11.3 Å². The molecular formula is C25H20N2O3S. The molecule has 0 fully saturated rings. The Balaban J connectivity index is 1.41. The third kappa shape index (κ3) is 3.62. The predicted molar refractivity (Wildman–Crippen MR) is 118 cm³/mol. The van der Waals surface area contributed by atoms with Gasteiger partial charge in [-0.05, 0) is 60.6 Å². The number of nitrogens with zero attached hydrogens (tertiary/aromatic N) is 1. The number of thiophene rings is 1. The van der Waals surface area contributed by atoms with Crippen LogP contribution in [-0.2, 0) is 24.0 Å². The van der Waals surface area contributed by atoms with E-state index in [4.69, 9.17) is 4.74 Å². The van der Waals surface area contributed by atoms with E-state index >= 15 is 0 Å². The first kappa shape index (κ1) is 19.5. The van der Waals surface area contributed by atoms with Gasteiger partial charge < -0.3 is 10.1 Å². The van der Waals surface area contributed by atoms with E-state index in [0.717, 1.165) is 42.4 Å². The maximum absolute atomic E-state index is 13.0. The van der Waals surface area contributed by atoms with Crippen LogP contribution in [0.4, 0.5) is 5.00 Å². The summed E-state index contributed by atoms with van der Waals surface area (Å²) in [6.45, 7) is 0. The number of amides is 1. The van der Waals surface area contributed by atoms with Crippen LogP contribution in [0.2, 0.25) is 0 Å². The molecule has 1 aliphatic heterocycles. The maximum atomic E-state index is 13.0. The second kappa shape index (κ2) is 8.01. The molecule has 0 unspecified atom stereocenters. The topological polar surface area (TPSA) is 79.2 Å². The van der Waals surface area contributed by atoms with Crippen molar-refractivity contribution in [1.82, 2.24) is 0 Å². The van der Waals surface area contributed by atoms with Gasteiger partial charge in [0.25, 0.3) is 5.91 Å². The van der Waals surface area contributed by atoms with Gasteiger partial charge in [-0.1, -0.05) is 30.3 Å². The van der Waals surface area contributed by atoms with Gasteiger partial charge in [-0.3, -0.25) is 4.79 Å². The first-order valence-electron chi connectivity index (χ1n) is 10.4. The van der Waals surface area contributed by atoms with Crippen molar-refractivity contribution in [3.63, 3.8) is 0 Å². The van der Waals surface area contributed by atoms with Gasteiger partial charge in [0.15, 0.2) is 0 Å². The first-order valence-corrected chi connectivity index (χ1v) is 11.2. The summed E-state index contributed by atoms with van der Waals surface area (Å²) in [6.07, 6.45) is 4.21. The van der Waals surface area contributed by atoms with E-state index in [-0.39, 0.29) is 18.0 Å². The van der Waals surface area contributed by atoms with Crippen molar-refractivity contribution < 1.29 is 14.3 Å². The number of fused-ring (bicyclic) bond motifs is 2. The van der Waals surface area contributed by atoms with Crippen molar-refractivity contribution in [2.24, 2.45) is 0 Å². The quantitative estimate of drug-likeness (QED) is 0.581. The normalized spacial score (nSPS) is 17.1. The van der Waals surface area contributed by atoms with Crippen LogP contribution in [0.25, 0.3) is 0 Å². The summed E-state index contributed by atoms with van der Waals surface area (Å²) < 4.78 is 5.60. The number of aryl methyl sites for hydroxylation is 1. The number of carbonyl (C=O) groups is 2. The molecule has 3 aromatic rings. The number of rotatable bonds is 3. The minimum Gasteiger partial charge on any atom is -0.454 e. The highest BCUT2D eigenvalue weighted by Crippen LogP contribution is 2.38. The lowest BCUT2D eigenvalue weighted by atomic mass is 9.93. The monoisotopic (exact) mass is 428 g/mol. The zero-order valence-corrected chi connectivity index (χ0v) is 17.6. The molecule has 1 atom stereocenters. The van der Waals surface area contributed by atoms with Crippen LogP contribution < -0.4 is 5.32 Å². The van der Waals surface area contributed by atoms with Gasteiger partial charge in [-0.25, -0.2) is 4.79 Å². The Morgan fingerprint density at radius 1 is 1.13 bits per heavy atom. The fourth-order valence-corrected chi connectivity index (χ4v) is 5.57. The molecule has 0 radical (unpaired) electrons. The molecule has 154 valence electrons. The van der Waals surface area contributed by atoms with Gasteiger partial charge >= 0.3 is 5.97 Å². The molecule has 0 saturated heterocycles. The molecule has 1 aromatic heterocycles. The molecule has 0 saturated carbocycles. The van der Waals surface area contributed by atoms with Crippen molar-refractivity contribution in [3.05, 3.63) is 86.8 Å². The van der Waals surface area contributed by atoms with Crippen LogP contribution in [0, 0.1) is 11.3 Å². The van der Waals surface area contributed by atoms with E-state index < -0.39 is 0 Å². The first-order chi connectivity index (χ1) is 15.1. The maximum Gasteiger partial charge on any atom is 0.339 e. The van der Waals surface area contributed by atoms with E-state index in [0.29, 0.717) is 28.1 Å². The number of benzene rings is 2. The number of carbonyl (C=O) groups excluding carboxylic acids is 2. The second-order valence-electron chi connectivity index (χ2n) is 7.86. The molecule has 5 nitrogen and oxygen atoms in total. The predicted octanol–water partition coefficient (Wildman–Crippen LogP) is 5.21. The van der Waals surface area contributed by atoms with Crippen LogP contribution in [0.5, 0.6) is 0 Å². The van der Waals surface area contributed by atoms with Crippen molar-refractivity contribution in [2.75, 3.05) is 5.32 Å². The highest BCUT2D eigenvalue weighted by molar-refractivity contribution is 7.16. The molecule has 6 heteroatoms. The smallest absolute Gasteiger partial charge is 0.339 e. The number of esters is 1. The lowest BCUT2D eigenvalue weighted by molar-refractivity contribution is 0.0252. The third-order valence-electron chi connectivity index (χ3n) is 5.92. The number of ether oxygens (including phenoxy) is 1. The molecular weight excluding hydrogens is 408 g/mol. The van der Waals surface area contributed by atoms with Crippen LogP contribution in [0.3, 0.4) is 0 Å². The molecule has 31 heavy (non-hydrogen) atoms. The lowest BCUT2D eigenvalue weighted by Crippen LogP contribution is -2.23. The van der Waals surface area contributed by atoms with E-state index in [1.165, 1.54) is 16.2 Å². The van der Waals surface area contributed by atoms with Crippen molar-refractivity contribution >= 4 is 28.2 Å². The Labute approximate surface area is 184 Å². The summed E-state index contributed by atoms with van der Waals surface area (Å²) in [5.74, 6) is -0.646. The van der Waals surface area contributed by atoms with E-state index in [1.54, 1.807) is 18.2 Å².